The number of hydrogen-bond donors (Lipinski definition) is 0. The molecular formula is C26H26N4O2. The summed E-state index contributed by atoms with van der Waals surface area (Å²) < 4.78 is 7.43. The van der Waals surface area contributed by atoms with Gasteiger partial charge >= 0.3 is 0 Å². The van der Waals surface area contributed by atoms with Crippen molar-refractivity contribution in [2.24, 2.45) is 0 Å². The van der Waals surface area contributed by atoms with E-state index in [4.69, 9.17) is 9.84 Å². The van der Waals surface area contributed by atoms with Gasteiger partial charge in [0.1, 0.15) is 23.1 Å². The van der Waals surface area contributed by atoms with Crippen LogP contribution in [0.1, 0.15) is 31.7 Å². The fourth-order valence-electron chi connectivity index (χ4n) is 3.89. The summed E-state index contributed by atoms with van der Waals surface area (Å²) in [4.78, 5) is 14.8. The molecular weight excluding hydrogens is 400 g/mol. The first-order valence-electron chi connectivity index (χ1n) is 11.0. The minimum atomic E-state index is -0.214. The van der Waals surface area contributed by atoms with Crippen LogP contribution in [0.4, 0.5) is 0 Å². The van der Waals surface area contributed by atoms with Gasteiger partial charge in [-0.1, -0.05) is 30.3 Å². The van der Waals surface area contributed by atoms with Gasteiger partial charge in [0.15, 0.2) is 0 Å². The van der Waals surface area contributed by atoms with E-state index in [1.807, 2.05) is 67.7 Å². The van der Waals surface area contributed by atoms with E-state index in [2.05, 4.69) is 6.07 Å². The van der Waals surface area contributed by atoms with Crippen molar-refractivity contribution >= 4 is 12.0 Å². The standard InChI is InChI=1S/C26H26N4O2/c1-2-32-24-13-9-10-20(17-24)25-22(19-30(28-25)23-11-5-3-6-12-23)16-21(18-27)26(31)29-14-7-4-8-15-29/h3,5-6,9-13,16-17,19H,2,4,7-8,14-15H2,1H3/b21-16-. The topological polar surface area (TPSA) is 71.1 Å². The zero-order valence-corrected chi connectivity index (χ0v) is 18.2. The van der Waals surface area contributed by atoms with Crippen molar-refractivity contribution < 1.29 is 9.53 Å². The SMILES string of the molecule is CCOc1cccc(-c2nn(-c3ccccc3)cc2/C=C(/C#N)C(=O)N2CCCCC2)c1. The second kappa shape index (κ2) is 9.97. The lowest BCUT2D eigenvalue weighted by Crippen LogP contribution is -2.36. The average molecular weight is 427 g/mol. The van der Waals surface area contributed by atoms with E-state index in [1.54, 1.807) is 15.7 Å². The molecule has 0 radical (unpaired) electrons. The van der Waals surface area contributed by atoms with Gasteiger partial charge in [0.25, 0.3) is 5.91 Å². The van der Waals surface area contributed by atoms with E-state index in [0.29, 0.717) is 31.0 Å². The largest absolute Gasteiger partial charge is 0.494 e. The maximum atomic E-state index is 13.0. The van der Waals surface area contributed by atoms with Gasteiger partial charge in [0.05, 0.1) is 12.3 Å². The highest BCUT2D eigenvalue weighted by Gasteiger charge is 2.21. The predicted octanol–water partition coefficient (Wildman–Crippen LogP) is 4.86. The fourth-order valence-corrected chi connectivity index (χ4v) is 3.89. The second-order valence-corrected chi connectivity index (χ2v) is 7.70. The van der Waals surface area contributed by atoms with E-state index in [-0.39, 0.29) is 11.5 Å². The number of rotatable bonds is 6. The Balaban J connectivity index is 1.78. The first kappa shape index (κ1) is 21.4. The molecule has 2 aromatic carbocycles. The molecule has 1 amide bonds. The summed E-state index contributed by atoms with van der Waals surface area (Å²) in [5.74, 6) is 0.535. The number of aromatic nitrogens is 2. The van der Waals surface area contributed by atoms with Crippen molar-refractivity contribution in [1.29, 1.82) is 5.26 Å². The Bertz CT molecular complexity index is 1150. The highest BCUT2D eigenvalue weighted by atomic mass is 16.5. The van der Waals surface area contributed by atoms with Crippen molar-refractivity contribution in [1.82, 2.24) is 14.7 Å². The molecule has 1 aliphatic heterocycles. The molecule has 0 unspecified atom stereocenters. The molecule has 1 saturated heterocycles. The average Bonchev–Trinajstić information content (AvgIpc) is 3.27. The van der Waals surface area contributed by atoms with E-state index in [9.17, 15) is 10.1 Å². The van der Waals surface area contributed by atoms with Crippen molar-refractivity contribution in [3.8, 4) is 28.8 Å². The van der Waals surface area contributed by atoms with Crippen LogP contribution < -0.4 is 4.74 Å². The van der Waals surface area contributed by atoms with Crippen LogP contribution in [0, 0.1) is 11.3 Å². The number of likely N-dealkylation sites (tertiary alicyclic amines) is 1. The monoisotopic (exact) mass is 426 g/mol. The molecule has 0 saturated carbocycles. The van der Waals surface area contributed by atoms with Crippen LogP contribution in [0.25, 0.3) is 23.0 Å². The van der Waals surface area contributed by atoms with Gasteiger partial charge in [-0.05, 0) is 56.5 Å². The first-order chi connectivity index (χ1) is 15.7. The number of hydrogen-bond acceptors (Lipinski definition) is 4. The van der Waals surface area contributed by atoms with Gasteiger partial charge in [0.2, 0.25) is 0 Å². The summed E-state index contributed by atoms with van der Waals surface area (Å²) in [7, 11) is 0. The quantitative estimate of drug-likeness (QED) is 0.417. The highest BCUT2D eigenvalue weighted by Crippen LogP contribution is 2.29. The Kier molecular flexibility index (Phi) is 6.66. The summed E-state index contributed by atoms with van der Waals surface area (Å²) in [5.41, 5.74) is 3.29. The third-order valence-corrected chi connectivity index (χ3v) is 5.48. The minimum absolute atomic E-state index is 0.127. The van der Waals surface area contributed by atoms with Gasteiger partial charge in [-0.25, -0.2) is 4.68 Å². The Morgan fingerprint density at radius 2 is 1.91 bits per heavy atom. The fraction of sp³-hybridized carbons (Fsp3) is 0.269. The molecule has 6 heteroatoms. The number of carbonyl (C=O) groups is 1. The van der Waals surface area contributed by atoms with Gasteiger partial charge < -0.3 is 9.64 Å². The minimum Gasteiger partial charge on any atom is -0.494 e. The van der Waals surface area contributed by atoms with Gasteiger partial charge in [-0.3, -0.25) is 4.79 Å². The third-order valence-electron chi connectivity index (χ3n) is 5.48. The van der Waals surface area contributed by atoms with E-state index in [0.717, 1.165) is 36.3 Å². The lowest BCUT2D eigenvalue weighted by molar-refractivity contribution is -0.127. The van der Waals surface area contributed by atoms with Crippen LogP contribution in [0.3, 0.4) is 0 Å². The van der Waals surface area contributed by atoms with Crippen molar-refractivity contribution in [2.45, 2.75) is 26.2 Å². The molecule has 0 atom stereocenters. The summed E-state index contributed by atoms with van der Waals surface area (Å²) in [5, 5.41) is 14.6. The summed E-state index contributed by atoms with van der Waals surface area (Å²) in [6, 6.07) is 19.6. The molecule has 0 spiro atoms. The molecule has 162 valence electrons. The predicted molar refractivity (Wildman–Crippen MR) is 124 cm³/mol. The Morgan fingerprint density at radius 3 is 2.62 bits per heavy atom. The number of carbonyl (C=O) groups excluding carboxylic acids is 1. The number of ether oxygens (including phenoxy) is 1. The number of amides is 1. The molecule has 4 rings (SSSR count). The van der Waals surface area contributed by atoms with E-state index >= 15 is 0 Å². The van der Waals surface area contributed by atoms with Crippen molar-refractivity contribution in [3.05, 3.63) is 71.9 Å². The molecule has 0 aliphatic carbocycles. The smallest absolute Gasteiger partial charge is 0.264 e. The number of nitriles is 1. The van der Waals surface area contributed by atoms with Crippen LogP contribution in [0.15, 0.2) is 66.4 Å². The lowest BCUT2D eigenvalue weighted by Gasteiger charge is -2.26. The van der Waals surface area contributed by atoms with Gasteiger partial charge in [-0.15, -0.1) is 0 Å². The third kappa shape index (κ3) is 4.73. The molecule has 1 aromatic heterocycles. The van der Waals surface area contributed by atoms with E-state index < -0.39 is 0 Å². The van der Waals surface area contributed by atoms with E-state index in [1.165, 1.54) is 0 Å². The zero-order valence-electron chi connectivity index (χ0n) is 18.2. The summed E-state index contributed by atoms with van der Waals surface area (Å²) in [6.07, 6.45) is 6.60. The molecule has 3 aromatic rings. The molecule has 0 bridgehead atoms. The number of nitrogens with zero attached hydrogens (tertiary/aromatic N) is 4. The Hall–Kier alpha value is -3.85. The molecule has 6 nitrogen and oxygen atoms in total. The molecule has 0 N–H and O–H groups in total. The number of piperidine rings is 1. The highest BCUT2D eigenvalue weighted by molar-refractivity contribution is 6.02. The Labute approximate surface area is 188 Å². The number of benzene rings is 2. The lowest BCUT2D eigenvalue weighted by atomic mass is 10.0. The molecule has 1 fully saturated rings. The van der Waals surface area contributed by atoms with Crippen LogP contribution in [0.5, 0.6) is 5.75 Å². The van der Waals surface area contributed by atoms with Gasteiger partial charge in [-0.2, -0.15) is 10.4 Å². The summed E-state index contributed by atoms with van der Waals surface area (Å²) in [6.45, 7) is 3.91. The van der Waals surface area contributed by atoms with Crippen LogP contribution in [-0.4, -0.2) is 40.3 Å². The normalized spacial score (nSPS) is 14.1. The van der Waals surface area contributed by atoms with Crippen LogP contribution >= 0.6 is 0 Å². The second-order valence-electron chi connectivity index (χ2n) is 7.70. The molecule has 32 heavy (non-hydrogen) atoms. The van der Waals surface area contributed by atoms with Gasteiger partial charge in [0, 0.05) is 30.4 Å². The number of para-hydroxylation sites is 1. The molecule has 2 heterocycles. The van der Waals surface area contributed by atoms with Crippen LogP contribution in [-0.2, 0) is 4.79 Å². The molecule has 1 aliphatic rings. The maximum Gasteiger partial charge on any atom is 0.264 e. The first-order valence-corrected chi connectivity index (χ1v) is 11.0. The summed E-state index contributed by atoms with van der Waals surface area (Å²) >= 11 is 0. The van der Waals surface area contributed by atoms with Crippen molar-refractivity contribution in [3.63, 3.8) is 0 Å². The van der Waals surface area contributed by atoms with Crippen LogP contribution in [0.2, 0.25) is 0 Å². The zero-order chi connectivity index (χ0) is 22.3. The maximum absolute atomic E-state index is 13.0. The van der Waals surface area contributed by atoms with Crippen molar-refractivity contribution in [2.75, 3.05) is 19.7 Å². The Morgan fingerprint density at radius 1 is 1.12 bits per heavy atom.